The molecule has 1 aromatic carbocycles. The van der Waals surface area contributed by atoms with Gasteiger partial charge < -0.3 is 10.1 Å². The van der Waals surface area contributed by atoms with Crippen molar-refractivity contribution in [2.24, 2.45) is 5.92 Å². The van der Waals surface area contributed by atoms with E-state index in [1.807, 2.05) is 11.8 Å². The Balaban J connectivity index is 2.06. The molecule has 0 aromatic heterocycles. The minimum absolute atomic E-state index is 0.467. The van der Waals surface area contributed by atoms with E-state index in [0.29, 0.717) is 12.0 Å². The molecule has 0 aliphatic carbocycles. The van der Waals surface area contributed by atoms with Crippen LogP contribution >= 0.6 is 11.8 Å². The van der Waals surface area contributed by atoms with Crippen LogP contribution in [-0.4, -0.2) is 26.0 Å². The molecular formula is C15H23NOS. The second-order valence-electron chi connectivity index (χ2n) is 4.72. The number of ether oxygens (including phenoxy) is 1. The van der Waals surface area contributed by atoms with Gasteiger partial charge in [0.2, 0.25) is 0 Å². The Bertz CT molecular complexity index is 346. The SMILES string of the molecule is CCSc1ccc(C(NC)C2CCOCC2)cc1. The summed E-state index contributed by atoms with van der Waals surface area (Å²) in [5, 5.41) is 3.48. The molecule has 2 nitrogen and oxygen atoms in total. The van der Waals surface area contributed by atoms with Crippen LogP contribution in [0.25, 0.3) is 0 Å². The van der Waals surface area contributed by atoms with E-state index in [0.717, 1.165) is 31.8 Å². The van der Waals surface area contributed by atoms with Crippen molar-refractivity contribution in [2.45, 2.75) is 30.7 Å². The Morgan fingerprint density at radius 3 is 2.50 bits per heavy atom. The van der Waals surface area contributed by atoms with E-state index in [9.17, 15) is 0 Å². The van der Waals surface area contributed by atoms with Gasteiger partial charge in [0.1, 0.15) is 0 Å². The van der Waals surface area contributed by atoms with Gasteiger partial charge in [-0.05, 0) is 49.3 Å². The number of thioether (sulfide) groups is 1. The molecule has 2 rings (SSSR count). The van der Waals surface area contributed by atoms with E-state index >= 15 is 0 Å². The maximum atomic E-state index is 5.45. The van der Waals surface area contributed by atoms with Crippen molar-refractivity contribution < 1.29 is 4.74 Å². The van der Waals surface area contributed by atoms with Crippen LogP contribution in [0.4, 0.5) is 0 Å². The summed E-state index contributed by atoms with van der Waals surface area (Å²) in [5.74, 6) is 1.84. The molecule has 18 heavy (non-hydrogen) atoms. The van der Waals surface area contributed by atoms with Gasteiger partial charge in [0.15, 0.2) is 0 Å². The molecule has 1 N–H and O–H groups in total. The molecule has 1 heterocycles. The molecule has 1 aromatic rings. The Labute approximate surface area is 114 Å². The van der Waals surface area contributed by atoms with E-state index in [2.05, 4.69) is 43.6 Å². The van der Waals surface area contributed by atoms with E-state index < -0.39 is 0 Å². The lowest BCUT2D eigenvalue weighted by atomic mass is 9.87. The molecule has 0 bridgehead atoms. The first-order valence-electron chi connectivity index (χ1n) is 6.83. The minimum Gasteiger partial charge on any atom is -0.381 e. The van der Waals surface area contributed by atoms with Crippen molar-refractivity contribution in [3.63, 3.8) is 0 Å². The normalized spacial score (nSPS) is 18.8. The molecule has 0 radical (unpaired) electrons. The lowest BCUT2D eigenvalue weighted by Gasteiger charge is -2.30. The van der Waals surface area contributed by atoms with Crippen LogP contribution in [0.15, 0.2) is 29.2 Å². The molecule has 0 amide bonds. The van der Waals surface area contributed by atoms with E-state index in [4.69, 9.17) is 4.74 Å². The quantitative estimate of drug-likeness (QED) is 0.824. The summed E-state index contributed by atoms with van der Waals surface area (Å²) in [4.78, 5) is 1.36. The molecule has 1 atom stereocenters. The zero-order valence-corrected chi connectivity index (χ0v) is 12.1. The third-order valence-corrected chi connectivity index (χ3v) is 4.49. The van der Waals surface area contributed by atoms with Crippen molar-refractivity contribution in [3.8, 4) is 0 Å². The number of nitrogens with one attached hydrogen (secondary N) is 1. The van der Waals surface area contributed by atoms with Crippen molar-refractivity contribution in [3.05, 3.63) is 29.8 Å². The van der Waals surface area contributed by atoms with Crippen molar-refractivity contribution in [1.82, 2.24) is 5.32 Å². The van der Waals surface area contributed by atoms with Crippen LogP contribution < -0.4 is 5.32 Å². The summed E-state index contributed by atoms with van der Waals surface area (Å²) >= 11 is 1.90. The fraction of sp³-hybridized carbons (Fsp3) is 0.600. The molecule has 1 saturated heterocycles. The summed E-state index contributed by atoms with van der Waals surface area (Å²) in [6.45, 7) is 4.01. The van der Waals surface area contributed by atoms with Crippen LogP contribution in [0.1, 0.15) is 31.4 Å². The van der Waals surface area contributed by atoms with Gasteiger partial charge in [-0.25, -0.2) is 0 Å². The van der Waals surface area contributed by atoms with Crippen molar-refractivity contribution in [2.75, 3.05) is 26.0 Å². The van der Waals surface area contributed by atoms with Crippen molar-refractivity contribution in [1.29, 1.82) is 0 Å². The Hall–Kier alpha value is -0.510. The molecule has 1 aliphatic rings. The maximum Gasteiger partial charge on any atom is 0.0469 e. The average Bonchev–Trinajstić information content (AvgIpc) is 2.43. The number of hydrogen-bond donors (Lipinski definition) is 1. The number of benzene rings is 1. The zero-order valence-electron chi connectivity index (χ0n) is 11.3. The second-order valence-corrected chi connectivity index (χ2v) is 6.06. The van der Waals surface area contributed by atoms with Crippen LogP contribution in [0.5, 0.6) is 0 Å². The fourth-order valence-electron chi connectivity index (χ4n) is 2.66. The fourth-order valence-corrected chi connectivity index (χ4v) is 3.32. The van der Waals surface area contributed by atoms with E-state index in [1.54, 1.807) is 0 Å². The van der Waals surface area contributed by atoms with Gasteiger partial charge in [0.25, 0.3) is 0 Å². The summed E-state index contributed by atoms with van der Waals surface area (Å²) in [6.07, 6.45) is 2.33. The Morgan fingerprint density at radius 1 is 1.28 bits per heavy atom. The Kier molecular flexibility index (Phi) is 5.54. The largest absolute Gasteiger partial charge is 0.381 e. The molecule has 0 saturated carbocycles. The second kappa shape index (κ2) is 7.17. The first-order valence-corrected chi connectivity index (χ1v) is 7.81. The zero-order chi connectivity index (χ0) is 12.8. The van der Waals surface area contributed by atoms with Crippen molar-refractivity contribution >= 4 is 11.8 Å². The van der Waals surface area contributed by atoms with Crippen LogP contribution in [0, 0.1) is 5.92 Å². The lowest BCUT2D eigenvalue weighted by Crippen LogP contribution is -2.29. The number of rotatable bonds is 5. The third-order valence-electron chi connectivity index (χ3n) is 3.60. The summed E-state index contributed by atoms with van der Waals surface area (Å²) in [7, 11) is 2.06. The van der Waals surface area contributed by atoms with Crippen LogP contribution in [0.2, 0.25) is 0 Å². The topological polar surface area (TPSA) is 21.3 Å². The maximum absolute atomic E-state index is 5.45. The van der Waals surface area contributed by atoms with E-state index in [-0.39, 0.29) is 0 Å². The minimum atomic E-state index is 0.467. The molecule has 0 spiro atoms. The van der Waals surface area contributed by atoms with Gasteiger partial charge in [0.05, 0.1) is 0 Å². The molecular weight excluding hydrogens is 242 g/mol. The Morgan fingerprint density at radius 2 is 1.94 bits per heavy atom. The molecule has 1 aliphatic heterocycles. The monoisotopic (exact) mass is 265 g/mol. The van der Waals surface area contributed by atoms with Gasteiger partial charge >= 0.3 is 0 Å². The lowest BCUT2D eigenvalue weighted by molar-refractivity contribution is 0.0546. The third kappa shape index (κ3) is 3.50. The standard InChI is InChI=1S/C15H23NOS/c1-3-18-14-6-4-12(5-7-14)15(16-2)13-8-10-17-11-9-13/h4-7,13,15-16H,3,8-11H2,1-2H3. The highest BCUT2D eigenvalue weighted by atomic mass is 32.2. The van der Waals surface area contributed by atoms with Crippen LogP contribution in [0.3, 0.4) is 0 Å². The molecule has 3 heteroatoms. The predicted octanol–water partition coefficient (Wildman–Crippen LogP) is 3.49. The highest BCUT2D eigenvalue weighted by Crippen LogP contribution is 2.30. The number of hydrogen-bond acceptors (Lipinski definition) is 3. The smallest absolute Gasteiger partial charge is 0.0469 e. The van der Waals surface area contributed by atoms with Gasteiger partial charge in [-0.1, -0.05) is 19.1 Å². The highest BCUT2D eigenvalue weighted by Gasteiger charge is 2.23. The van der Waals surface area contributed by atoms with E-state index in [1.165, 1.54) is 10.5 Å². The molecule has 1 unspecified atom stereocenters. The summed E-state index contributed by atoms with van der Waals surface area (Å²) in [5.41, 5.74) is 1.41. The average molecular weight is 265 g/mol. The van der Waals surface area contributed by atoms with Gasteiger partial charge in [-0.3, -0.25) is 0 Å². The highest BCUT2D eigenvalue weighted by molar-refractivity contribution is 7.99. The first-order chi connectivity index (χ1) is 8.85. The molecule has 1 fully saturated rings. The van der Waals surface area contributed by atoms with Gasteiger partial charge in [0, 0.05) is 24.2 Å². The first kappa shape index (κ1) is 13.9. The predicted molar refractivity (Wildman–Crippen MR) is 78.2 cm³/mol. The van der Waals surface area contributed by atoms with Gasteiger partial charge in [-0.2, -0.15) is 0 Å². The van der Waals surface area contributed by atoms with Crippen LogP contribution in [-0.2, 0) is 4.74 Å². The summed E-state index contributed by atoms with van der Waals surface area (Å²) in [6, 6.07) is 9.50. The molecule has 100 valence electrons. The van der Waals surface area contributed by atoms with Gasteiger partial charge in [-0.15, -0.1) is 11.8 Å². The summed E-state index contributed by atoms with van der Waals surface area (Å²) < 4.78 is 5.45.